The van der Waals surface area contributed by atoms with Crippen LogP contribution in [0.2, 0.25) is 5.02 Å². The van der Waals surface area contributed by atoms with E-state index in [-0.39, 0.29) is 11.5 Å². The summed E-state index contributed by atoms with van der Waals surface area (Å²) in [4.78, 5) is 27.8. The van der Waals surface area contributed by atoms with Crippen LogP contribution in [-0.4, -0.2) is 30.6 Å². The number of benzene rings is 3. The molecule has 0 atom stereocenters. The minimum absolute atomic E-state index is 0.115. The summed E-state index contributed by atoms with van der Waals surface area (Å²) in [7, 11) is 1.73. The fourth-order valence-electron chi connectivity index (χ4n) is 4.06. The quantitative estimate of drug-likeness (QED) is 0.348. The first-order valence-corrected chi connectivity index (χ1v) is 11.9. The SMILES string of the molecule is CN(C(=O)c1cc2c(s1)-c1ccc(-c3cccc(C(=O)O)c3)cc1OCC2)c1ccccc1Cl. The van der Waals surface area contributed by atoms with Gasteiger partial charge in [0, 0.05) is 23.9 Å². The number of fused-ring (bicyclic) bond motifs is 3. The molecular weight excluding hydrogens is 470 g/mol. The maximum atomic E-state index is 13.2. The van der Waals surface area contributed by atoms with Crippen molar-refractivity contribution in [3.8, 4) is 27.3 Å². The summed E-state index contributed by atoms with van der Waals surface area (Å²) in [6.45, 7) is 0.489. The summed E-state index contributed by atoms with van der Waals surface area (Å²) < 4.78 is 6.04. The van der Waals surface area contributed by atoms with Gasteiger partial charge in [0.1, 0.15) is 5.75 Å². The Bertz CT molecular complexity index is 1430. The maximum Gasteiger partial charge on any atom is 0.335 e. The molecule has 1 aliphatic rings. The van der Waals surface area contributed by atoms with E-state index in [2.05, 4.69) is 0 Å². The molecule has 0 unspecified atom stereocenters. The summed E-state index contributed by atoms with van der Waals surface area (Å²) in [5.74, 6) is -0.358. The van der Waals surface area contributed by atoms with Gasteiger partial charge in [0.2, 0.25) is 0 Å². The van der Waals surface area contributed by atoms with E-state index in [1.165, 1.54) is 11.3 Å². The Hall–Kier alpha value is -3.61. The van der Waals surface area contributed by atoms with E-state index in [0.29, 0.717) is 28.6 Å². The molecule has 1 aromatic heterocycles. The minimum Gasteiger partial charge on any atom is -0.493 e. The Morgan fingerprint density at radius 3 is 2.59 bits per heavy atom. The van der Waals surface area contributed by atoms with Gasteiger partial charge >= 0.3 is 5.97 Å². The number of hydrogen-bond donors (Lipinski definition) is 1. The Morgan fingerprint density at radius 1 is 1.00 bits per heavy atom. The second-order valence-corrected chi connectivity index (χ2v) is 9.44. The summed E-state index contributed by atoms with van der Waals surface area (Å²) in [5.41, 5.74) is 4.57. The zero-order chi connectivity index (χ0) is 23.8. The zero-order valence-corrected chi connectivity index (χ0v) is 19.8. The fraction of sp³-hybridized carbons (Fsp3) is 0.111. The number of carbonyl (C=O) groups is 2. The van der Waals surface area contributed by atoms with Gasteiger partial charge in [-0.15, -0.1) is 11.3 Å². The predicted octanol–water partition coefficient (Wildman–Crippen LogP) is 6.65. The number of ether oxygens (including phenoxy) is 1. The molecule has 1 amide bonds. The van der Waals surface area contributed by atoms with Crippen LogP contribution in [0.5, 0.6) is 5.75 Å². The van der Waals surface area contributed by atoms with Crippen molar-refractivity contribution in [3.05, 3.63) is 93.8 Å². The third kappa shape index (κ3) is 4.06. The van der Waals surface area contributed by atoms with Crippen molar-refractivity contribution in [1.29, 1.82) is 0 Å². The van der Waals surface area contributed by atoms with Crippen molar-refractivity contribution in [1.82, 2.24) is 0 Å². The molecule has 4 aromatic rings. The molecule has 5 nitrogen and oxygen atoms in total. The smallest absolute Gasteiger partial charge is 0.335 e. The molecule has 0 radical (unpaired) electrons. The Labute approximate surface area is 205 Å². The number of nitrogens with zero attached hydrogens (tertiary/aromatic N) is 1. The maximum absolute atomic E-state index is 13.2. The van der Waals surface area contributed by atoms with Crippen LogP contribution in [-0.2, 0) is 6.42 Å². The highest BCUT2D eigenvalue weighted by atomic mass is 35.5. The second kappa shape index (κ2) is 8.97. The van der Waals surface area contributed by atoms with Crippen molar-refractivity contribution in [2.45, 2.75) is 6.42 Å². The van der Waals surface area contributed by atoms with Crippen LogP contribution in [0.1, 0.15) is 25.6 Å². The number of carboxylic acids is 1. The number of amides is 1. The molecule has 7 heteroatoms. The van der Waals surface area contributed by atoms with Gasteiger partial charge in [0.25, 0.3) is 5.91 Å². The summed E-state index contributed by atoms with van der Waals surface area (Å²) in [6, 6.07) is 21.9. The molecule has 5 rings (SSSR count). The normalized spacial score (nSPS) is 12.2. The number of carboxylic acid groups (broad SMARTS) is 1. The molecule has 1 N–H and O–H groups in total. The second-order valence-electron chi connectivity index (χ2n) is 7.98. The van der Waals surface area contributed by atoms with Gasteiger partial charge in [0.05, 0.1) is 27.8 Å². The third-order valence-electron chi connectivity index (χ3n) is 5.84. The molecule has 0 saturated carbocycles. The van der Waals surface area contributed by atoms with Gasteiger partial charge in [-0.2, -0.15) is 0 Å². The van der Waals surface area contributed by atoms with Crippen molar-refractivity contribution in [2.75, 3.05) is 18.6 Å². The highest BCUT2D eigenvalue weighted by molar-refractivity contribution is 7.17. The van der Waals surface area contributed by atoms with Crippen LogP contribution in [0.25, 0.3) is 21.6 Å². The van der Waals surface area contributed by atoms with Gasteiger partial charge in [-0.1, -0.05) is 41.9 Å². The molecule has 170 valence electrons. The molecule has 1 aliphatic heterocycles. The van der Waals surface area contributed by atoms with Crippen LogP contribution in [0.3, 0.4) is 0 Å². The Morgan fingerprint density at radius 2 is 1.79 bits per heavy atom. The van der Waals surface area contributed by atoms with Gasteiger partial charge in [-0.25, -0.2) is 4.79 Å². The molecule has 2 heterocycles. The monoisotopic (exact) mass is 489 g/mol. The number of hydrogen-bond acceptors (Lipinski definition) is 4. The van der Waals surface area contributed by atoms with Gasteiger partial charge < -0.3 is 14.7 Å². The van der Waals surface area contributed by atoms with Crippen molar-refractivity contribution < 1.29 is 19.4 Å². The standard InChI is InChI=1S/C27H20ClNO4S/c1-29(22-8-3-2-7-21(22)28)26(30)24-15-18-11-12-33-23-14-17(9-10-20(23)25(18)34-24)16-5-4-6-19(13-16)27(31)32/h2-10,13-15H,11-12H2,1H3,(H,31,32). The van der Waals surface area contributed by atoms with Crippen molar-refractivity contribution in [2.24, 2.45) is 0 Å². The number of carbonyl (C=O) groups excluding carboxylic acids is 1. The first-order valence-electron chi connectivity index (χ1n) is 10.7. The fourth-order valence-corrected chi connectivity index (χ4v) is 5.54. The molecular formula is C27H20ClNO4S. The van der Waals surface area contributed by atoms with E-state index in [1.54, 1.807) is 36.2 Å². The number of aromatic carboxylic acids is 1. The largest absolute Gasteiger partial charge is 0.493 e. The number of rotatable bonds is 4. The first-order chi connectivity index (χ1) is 16.4. The van der Waals surface area contributed by atoms with Crippen molar-refractivity contribution >= 4 is 40.5 Å². The van der Waals surface area contributed by atoms with Crippen LogP contribution < -0.4 is 9.64 Å². The molecule has 0 bridgehead atoms. The number of thiophene rings is 1. The molecule has 34 heavy (non-hydrogen) atoms. The van der Waals surface area contributed by atoms with E-state index in [1.807, 2.05) is 48.5 Å². The first kappa shape index (κ1) is 22.2. The lowest BCUT2D eigenvalue weighted by Crippen LogP contribution is -2.25. The molecule has 3 aromatic carbocycles. The summed E-state index contributed by atoms with van der Waals surface area (Å²) in [5, 5.41) is 9.83. The van der Waals surface area contributed by atoms with Crippen molar-refractivity contribution in [3.63, 3.8) is 0 Å². The zero-order valence-electron chi connectivity index (χ0n) is 18.2. The van der Waals surface area contributed by atoms with Gasteiger partial charge in [0.15, 0.2) is 0 Å². The lowest BCUT2D eigenvalue weighted by Gasteiger charge is -2.17. The highest BCUT2D eigenvalue weighted by Crippen LogP contribution is 2.43. The third-order valence-corrected chi connectivity index (χ3v) is 7.35. The minimum atomic E-state index is -0.963. The number of halogens is 1. The Balaban J connectivity index is 1.50. The van der Waals surface area contributed by atoms with E-state index in [0.717, 1.165) is 32.9 Å². The Kier molecular flexibility index (Phi) is 5.86. The van der Waals surface area contributed by atoms with E-state index in [9.17, 15) is 14.7 Å². The summed E-state index contributed by atoms with van der Waals surface area (Å²) in [6.07, 6.45) is 0.688. The van der Waals surface area contributed by atoms with Crippen LogP contribution in [0, 0.1) is 0 Å². The number of para-hydroxylation sites is 1. The average molecular weight is 490 g/mol. The average Bonchev–Trinajstić information content (AvgIpc) is 3.19. The lowest BCUT2D eigenvalue weighted by atomic mass is 10.00. The lowest BCUT2D eigenvalue weighted by molar-refractivity contribution is 0.0696. The number of anilines is 1. The van der Waals surface area contributed by atoms with Crippen LogP contribution >= 0.6 is 22.9 Å². The molecule has 0 aliphatic carbocycles. The summed E-state index contributed by atoms with van der Waals surface area (Å²) >= 11 is 7.74. The van der Waals surface area contributed by atoms with Gasteiger partial charge in [-0.05, 0) is 59.2 Å². The molecule has 0 saturated heterocycles. The van der Waals surface area contributed by atoms with E-state index in [4.69, 9.17) is 16.3 Å². The predicted molar refractivity (Wildman–Crippen MR) is 136 cm³/mol. The van der Waals surface area contributed by atoms with E-state index < -0.39 is 5.97 Å². The van der Waals surface area contributed by atoms with Gasteiger partial charge in [-0.3, -0.25) is 4.79 Å². The molecule has 0 fully saturated rings. The molecule has 0 spiro atoms. The van der Waals surface area contributed by atoms with E-state index >= 15 is 0 Å². The van der Waals surface area contributed by atoms with Crippen LogP contribution in [0.4, 0.5) is 5.69 Å². The topological polar surface area (TPSA) is 66.8 Å². The van der Waals surface area contributed by atoms with Crippen LogP contribution in [0.15, 0.2) is 72.8 Å². The highest BCUT2D eigenvalue weighted by Gasteiger charge is 2.24.